The number of rotatable bonds is 1. The molecule has 2 aromatic rings. The molecule has 2 heterocycles. The molecular weight excluding hydrogens is 300 g/mol. The van der Waals surface area contributed by atoms with E-state index in [2.05, 4.69) is 20.9 Å². The number of thioether (sulfide) groups is 1. The number of hydrogen-bond donors (Lipinski definition) is 0. The Morgan fingerprint density at radius 2 is 2.24 bits per heavy atom. The van der Waals surface area contributed by atoms with Crippen LogP contribution in [-0.4, -0.2) is 15.3 Å². The summed E-state index contributed by atoms with van der Waals surface area (Å²) in [5.41, 5.74) is 1.75. The average molecular weight is 309 g/mol. The molecule has 5 heteroatoms. The van der Waals surface area contributed by atoms with E-state index in [9.17, 15) is 4.79 Å². The van der Waals surface area contributed by atoms with Crippen molar-refractivity contribution in [1.82, 2.24) is 9.55 Å². The molecule has 0 saturated carbocycles. The normalized spacial score (nSPS) is 13.7. The third kappa shape index (κ3) is 2.05. The molecule has 3 rings (SSSR count). The fraction of sp³-hybridized carbons (Fsp3) is 0.167. The van der Waals surface area contributed by atoms with Gasteiger partial charge in [-0.05, 0) is 12.1 Å². The molecule has 0 aliphatic carbocycles. The van der Waals surface area contributed by atoms with Crippen LogP contribution < -0.4 is 5.56 Å². The van der Waals surface area contributed by atoms with Crippen LogP contribution in [0.4, 0.5) is 0 Å². The molecule has 0 atom stereocenters. The zero-order valence-corrected chi connectivity index (χ0v) is 11.3. The van der Waals surface area contributed by atoms with Crippen LogP contribution in [0.5, 0.6) is 0 Å². The monoisotopic (exact) mass is 308 g/mol. The third-order valence-corrected chi connectivity index (χ3v) is 4.09. The summed E-state index contributed by atoms with van der Waals surface area (Å²) in [5, 5.41) is 0.826. The number of fused-ring (bicyclic) bond motifs is 1. The van der Waals surface area contributed by atoms with Crippen LogP contribution in [0.2, 0.25) is 0 Å². The van der Waals surface area contributed by atoms with Crippen LogP contribution in [0.15, 0.2) is 44.8 Å². The summed E-state index contributed by atoms with van der Waals surface area (Å²) >= 11 is 5.06. The van der Waals surface area contributed by atoms with Crippen molar-refractivity contribution in [3.05, 3.63) is 45.2 Å². The van der Waals surface area contributed by atoms with Crippen molar-refractivity contribution < 1.29 is 0 Å². The summed E-state index contributed by atoms with van der Waals surface area (Å²) < 4.78 is 2.72. The van der Waals surface area contributed by atoms with Gasteiger partial charge < -0.3 is 0 Å². The molecule has 0 fully saturated rings. The van der Waals surface area contributed by atoms with E-state index in [4.69, 9.17) is 0 Å². The van der Waals surface area contributed by atoms with Gasteiger partial charge >= 0.3 is 0 Å². The lowest BCUT2D eigenvalue weighted by atomic mass is 10.1. The summed E-state index contributed by atoms with van der Waals surface area (Å²) in [6.07, 6.45) is 0. The molecule has 17 heavy (non-hydrogen) atoms. The lowest BCUT2D eigenvalue weighted by molar-refractivity contribution is 0.658. The van der Waals surface area contributed by atoms with Crippen LogP contribution in [0.25, 0.3) is 11.3 Å². The Morgan fingerprint density at radius 1 is 1.35 bits per heavy atom. The molecule has 0 amide bonds. The van der Waals surface area contributed by atoms with Gasteiger partial charge in [0.1, 0.15) is 0 Å². The molecule has 0 bridgehead atoms. The van der Waals surface area contributed by atoms with Gasteiger partial charge in [0.2, 0.25) is 0 Å². The molecule has 1 aliphatic heterocycles. The first-order valence-electron chi connectivity index (χ1n) is 5.25. The second kappa shape index (κ2) is 4.31. The molecule has 0 spiro atoms. The van der Waals surface area contributed by atoms with Crippen LogP contribution >= 0.6 is 27.7 Å². The highest BCUT2D eigenvalue weighted by molar-refractivity contribution is 9.10. The molecule has 1 aromatic carbocycles. The largest absolute Gasteiger partial charge is 0.287 e. The maximum Gasteiger partial charge on any atom is 0.254 e. The van der Waals surface area contributed by atoms with Crippen molar-refractivity contribution in [2.24, 2.45) is 0 Å². The van der Waals surface area contributed by atoms with Gasteiger partial charge in [0, 0.05) is 28.4 Å². The molecule has 0 N–H and O–H groups in total. The molecule has 1 aliphatic rings. The minimum absolute atomic E-state index is 0.0370. The van der Waals surface area contributed by atoms with E-state index in [1.807, 2.05) is 24.3 Å². The van der Waals surface area contributed by atoms with Crippen molar-refractivity contribution in [2.45, 2.75) is 11.7 Å². The topological polar surface area (TPSA) is 34.9 Å². The second-order valence-corrected chi connectivity index (χ2v) is 5.75. The van der Waals surface area contributed by atoms with Crippen LogP contribution in [-0.2, 0) is 6.54 Å². The molecule has 3 nitrogen and oxygen atoms in total. The number of benzene rings is 1. The molecule has 1 aromatic heterocycles. The summed E-state index contributed by atoms with van der Waals surface area (Å²) in [6, 6.07) is 9.44. The van der Waals surface area contributed by atoms with E-state index in [1.165, 1.54) is 0 Å². The minimum atomic E-state index is 0.0370. The van der Waals surface area contributed by atoms with E-state index in [0.717, 1.165) is 33.2 Å². The van der Waals surface area contributed by atoms with Crippen molar-refractivity contribution in [3.63, 3.8) is 0 Å². The average Bonchev–Trinajstić information content (AvgIpc) is 2.77. The Bertz CT molecular complexity index is 639. The van der Waals surface area contributed by atoms with Gasteiger partial charge in [-0.1, -0.05) is 39.8 Å². The highest BCUT2D eigenvalue weighted by Gasteiger charge is 2.15. The standard InChI is InChI=1S/C12H9BrN2OS/c13-9-3-1-2-8(6-9)10-7-11(16)15-4-5-17-12(15)14-10/h1-3,6-7H,4-5H2. The lowest BCUT2D eigenvalue weighted by Gasteiger charge is -2.05. The Hall–Kier alpha value is -1.07. The van der Waals surface area contributed by atoms with E-state index in [1.54, 1.807) is 22.4 Å². The van der Waals surface area contributed by atoms with Gasteiger partial charge in [0.25, 0.3) is 5.56 Å². The molecule has 86 valence electrons. The van der Waals surface area contributed by atoms with E-state index in [0.29, 0.717) is 0 Å². The zero-order chi connectivity index (χ0) is 11.8. The van der Waals surface area contributed by atoms with Crippen LogP contribution in [0, 0.1) is 0 Å². The van der Waals surface area contributed by atoms with Gasteiger partial charge in [-0.25, -0.2) is 4.98 Å². The summed E-state index contributed by atoms with van der Waals surface area (Å²) in [5.74, 6) is 0.935. The first-order valence-corrected chi connectivity index (χ1v) is 7.02. The smallest absolute Gasteiger partial charge is 0.254 e. The number of halogens is 1. The SMILES string of the molecule is O=c1cc(-c2cccc(Br)c2)nc2n1CCS2. The highest BCUT2D eigenvalue weighted by Crippen LogP contribution is 2.25. The molecule has 0 unspecified atom stereocenters. The minimum Gasteiger partial charge on any atom is -0.287 e. The zero-order valence-electron chi connectivity index (χ0n) is 8.89. The van der Waals surface area contributed by atoms with Crippen LogP contribution in [0.3, 0.4) is 0 Å². The number of aromatic nitrogens is 2. The van der Waals surface area contributed by atoms with E-state index in [-0.39, 0.29) is 5.56 Å². The number of hydrogen-bond acceptors (Lipinski definition) is 3. The van der Waals surface area contributed by atoms with Crippen molar-refractivity contribution in [2.75, 3.05) is 5.75 Å². The maximum atomic E-state index is 11.9. The fourth-order valence-electron chi connectivity index (χ4n) is 1.82. The first kappa shape index (κ1) is 11.0. The molecular formula is C12H9BrN2OS. The fourth-order valence-corrected chi connectivity index (χ4v) is 3.18. The summed E-state index contributed by atoms with van der Waals surface area (Å²) in [6.45, 7) is 0.768. The van der Waals surface area contributed by atoms with Gasteiger partial charge in [-0.3, -0.25) is 9.36 Å². The molecule has 0 radical (unpaired) electrons. The predicted molar refractivity (Wildman–Crippen MR) is 72.4 cm³/mol. The quantitative estimate of drug-likeness (QED) is 0.760. The van der Waals surface area contributed by atoms with Crippen molar-refractivity contribution in [1.29, 1.82) is 0 Å². The number of nitrogens with zero attached hydrogens (tertiary/aromatic N) is 2. The summed E-state index contributed by atoms with van der Waals surface area (Å²) in [4.78, 5) is 16.4. The van der Waals surface area contributed by atoms with Crippen molar-refractivity contribution >= 4 is 27.7 Å². The lowest BCUT2D eigenvalue weighted by Crippen LogP contribution is -2.19. The van der Waals surface area contributed by atoms with Crippen molar-refractivity contribution in [3.8, 4) is 11.3 Å². The highest BCUT2D eigenvalue weighted by atomic mass is 79.9. The van der Waals surface area contributed by atoms with Gasteiger partial charge in [-0.15, -0.1) is 0 Å². The third-order valence-electron chi connectivity index (χ3n) is 2.64. The van der Waals surface area contributed by atoms with Gasteiger partial charge in [0.15, 0.2) is 5.16 Å². The Balaban J connectivity index is 2.16. The Labute approximate surface area is 111 Å². The van der Waals surface area contributed by atoms with E-state index >= 15 is 0 Å². The van der Waals surface area contributed by atoms with E-state index < -0.39 is 0 Å². The van der Waals surface area contributed by atoms with Crippen LogP contribution in [0.1, 0.15) is 0 Å². The maximum absolute atomic E-state index is 11.9. The Kier molecular flexibility index (Phi) is 2.80. The second-order valence-electron chi connectivity index (χ2n) is 3.77. The Morgan fingerprint density at radius 3 is 3.06 bits per heavy atom. The molecule has 0 saturated heterocycles. The van der Waals surface area contributed by atoms with Gasteiger partial charge in [-0.2, -0.15) is 0 Å². The van der Waals surface area contributed by atoms with Gasteiger partial charge in [0.05, 0.1) is 5.69 Å². The first-order chi connectivity index (χ1) is 8.24. The predicted octanol–water partition coefficient (Wildman–Crippen LogP) is 2.78. The summed E-state index contributed by atoms with van der Waals surface area (Å²) in [7, 11) is 0.